The van der Waals surface area contributed by atoms with E-state index in [1.54, 1.807) is 4.31 Å². The van der Waals surface area contributed by atoms with Gasteiger partial charge in [-0.25, -0.2) is 27.8 Å². The molecule has 12 heteroatoms. The summed E-state index contributed by atoms with van der Waals surface area (Å²) >= 11 is 1.54. The molecular formula is C29H40FN6O3S2+. The lowest BCUT2D eigenvalue weighted by Crippen LogP contribution is -2.39. The van der Waals surface area contributed by atoms with Gasteiger partial charge in [0.05, 0.1) is 56.1 Å². The van der Waals surface area contributed by atoms with Crippen LogP contribution in [0.4, 0.5) is 10.3 Å². The van der Waals surface area contributed by atoms with Crippen LogP contribution in [0.15, 0.2) is 36.7 Å². The van der Waals surface area contributed by atoms with E-state index in [-0.39, 0.29) is 11.9 Å². The number of hydrogen-bond donors (Lipinski definition) is 0. The van der Waals surface area contributed by atoms with Gasteiger partial charge in [-0.15, -0.1) is 0 Å². The molecule has 0 atom stereocenters. The highest BCUT2D eigenvalue weighted by molar-refractivity contribution is 7.89. The van der Waals surface area contributed by atoms with E-state index >= 15 is 0 Å². The fourth-order valence-electron chi connectivity index (χ4n) is 5.28. The molecule has 1 saturated heterocycles. The van der Waals surface area contributed by atoms with Gasteiger partial charge in [-0.2, -0.15) is 4.31 Å². The molecule has 1 aromatic carbocycles. The summed E-state index contributed by atoms with van der Waals surface area (Å²) in [5.74, 6) is 0.330. The number of rotatable bonds is 11. The van der Waals surface area contributed by atoms with Crippen molar-refractivity contribution in [3.63, 3.8) is 0 Å². The second-order valence-corrected chi connectivity index (χ2v) is 15.0. The van der Waals surface area contributed by atoms with Crippen molar-refractivity contribution in [1.29, 1.82) is 0 Å². The molecule has 5 rings (SSSR count). The lowest BCUT2D eigenvalue weighted by Gasteiger charge is -2.31. The number of halogens is 1. The number of ether oxygens (including phenoxy) is 1. The number of sulfonamides is 1. The molecule has 0 unspecified atom stereocenters. The van der Waals surface area contributed by atoms with Crippen molar-refractivity contribution in [3.05, 3.63) is 48.0 Å². The number of quaternary nitrogens is 1. The number of unbranched alkanes of at least 4 members (excludes halogenated alkanes) is 2. The summed E-state index contributed by atoms with van der Waals surface area (Å²) in [5.41, 5.74) is 3.18. The number of hydrogen-bond acceptors (Lipinski definition) is 8. The fraction of sp³-hybridized carbons (Fsp3) is 0.552. The van der Waals surface area contributed by atoms with E-state index in [4.69, 9.17) is 4.74 Å². The van der Waals surface area contributed by atoms with Crippen LogP contribution < -0.4 is 9.64 Å². The Morgan fingerprint density at radius 3 is 2.51 bits per heavy atom. The van der Waals surface area contributed by atoms with Gasteiger partial charge in [-0.3, -0.25) is 0 Å². The van der Waals surface area contributed by atoms with Gasteiger partial charge in [0, 0.05) is 39.0 Å². The monoisotopic (exact) mass is 603 g/mol. The second kappa shape index (κ2) is 12.7. The van der Waals surface area contributed by atoms with E-state index in [0.29, 0.717) is 37.1 Å². The Kier molecular flexibility index (Phi) is 9.22. The van der Waals surface area contributed by atoms with Gasteiger partial charge < -0.3 is 14.1 Å². The summed E-state index contributed by atoms with van der Waals surface area (Å²) < 4.78 is 48.7. The first kappa shape index (κ1) is 29.8. The fourth-order valence-corrected chi connectivity index (χ4v) is 7.70. The maximum absolute atomic E-state index is 13.1. The Hall–Kier alpha value is -2.67. The highest BCUT2D eigenvalue weighted by Gasteiger charge is 2.25. The first-order chi connectivity index (χ1) is 19.6. The average molecular weight is 604 g/mol. The molecule has 2 aromatic heterocycles. The number of benzene rings is 1. The summed E-state index contributed by atoms with van der Waals surface area (Å²) in [4.78, 5) is 14.9. The zero-order valence-electron chi connectivity index (χ0n) is 24.1. The molecule has 222 valence electrons. The van der Waals surface area contributed by atoms with Crippen molar-refractivity contribution in [2.45, 2.75) is 44.6 Å². The number of nitrogens with zero attached hydrogens (tertiary/aromatic N) is 6. The van der Waals surface area contributed by atoms with Crippen LogP contribution in [0.2, 0.25) is 0 Å². The van der Waals surface area contributed by atoms with Crippen LogP contribution in [0, 0.1) is 5.82 Å². The predicted molar refractivity (Wildman–Crippen MR) is 162 cm³/mol. The summed E-state index contributed by atoms with van der Waals surface area (Å²) in [6.07, 6.45) is 9.50. The maximum atomic E-state index is 13.1. The van der Waals surface area contributed by atoms with Gasteiger partial charge in [0.15, 0.2) is 5.82 Å². The van der Waals surface area contributed by atoms with Gasteiger partial charge in [0.1, 0.15) is 6.10 Å². The average Bonchev–Trinajstić information content (AvgIpc) is 3.35. The molecule has 0 aliphatic carbocycles. The molecule has 0 saturated carbocycles. The predicted octanol–water partition coefficient (Wildman–Crippen LogP) is 4.57. The van der Waals surface area contributed by atoms with Crippen molar-refractivity contribution in [1.82, 2.24) is 19.3 Å². The summed E-state index contributed by atoms with van der Waals surface area (Å²) in [7, 11) is 3.24. The number of anilines is 1. The Balaban J connectivity index is 1.13. The van der Waals surface area contributed by atoms with E-state index in [1.807, 2.05) is 11.0 Å². The molecule has 9 nitrogen and oxygen atoms in total. The van der Waals surface area contributed by atoms with Gasteiger partial charge in [0.25, 0.3) is 5.19 Å². The van der Waals surface area contributed by atoms with E-state index in [2.05, 4.69) is 54.3 Å². The minimum atomic E-state index is -3.24. The Labute approximate surface area is 246 Å². The van der Waals surface area contributed by atoms with Crippen LogP contribution in [0.3, 0.4) is 0 Å². The highest BCUT2D eigenvalue weighted by Crippen LogP contribution is 2.33. The molecule has 41 heavy (non-hydrogen) atoms. The standard InChI is InChI=1S/C29H40FN6O3S2/c1-36(2,3)17-5-4-6-18-41(37,38)35-15-9-22(10-16-35)23-7-8-26-27(19-23)40-29(33-26)39-25-11-13-34(14-12-25)28-31-20-24(30)21-32-28/h7-9,19-21,25H,4-6,10-18H2,1-3H3/q+1. The third-order valence-corrected chi connectivity index (χ3v) is 10.5. The van der Waals surface area contributed by atoms with Gasteiger partial charge in [0.2, 0.25) is 16.0 Å². The first-order valence-corrected chi connectivity index (χ1v) is 16.8. The lowest BCUT2D eigenvalue weighted by molar-refractivity contribution is -0.870. The van der Waals surface area contributed by atoms with Crippen molar-refractivity contribution >= 4 is 43.1 Å². The molecule has 0 radical (unpaired) electrons. The lowest BCUT2D eigenvalue weighted by atomic mass is 10.0. The first-order valence-electron chi connectivity index (χ1n) is 14.3. The molecule has 1 fully saturated rings. The highest BCUT2D eigenvalue weighted by atomic mass is 32.2. The van der Waals surface area contributed by atoms with E-state index in [9.17, 15) is 12.8 Å². The summed E-state index contributed by atoms with van der Waals surface area (Å²) in [6, 6.07) is 6.22. The molecular weight excluding hydrogens is 563 g/mol. The molecule has 0 spiro atoms. The van der Waals surface area contributed by atoms with Crippen LogP contribution in [0.25, 0.3) is 15.8 Å². The van der Waals surface area contributed by atoms with E-state index in [1.165, 1.54) is 29.3 Å². The van der Waals surface area contributed by atoms with Crippen LogP contribution in [-0.2, 0) is 10.0 Å². The molecule has 2 aliphatic heterocycles. The van der Waals surface area contributed by atoms with E-state index in [0.717, 1.165) is 65.6 Å². The number of piperidine rings is 1. The third-order valence-electron chi connectivity index (χ3n) is 7.64. The number of aromatic nitrogens is 3. The largest absolute Gasteiger partial charge is 0.467 e. The van der Waals surface area contributed by atoms with Crippen LogP contribution >= 0.6 is 11.3 Å². The Morgan fingerprint density at radius 1 is 1.07 bits per heavy atom. The molecule has 3 aromatic rings. The van der Waals surface area contributed by atoms with Crippen LogP contribution in [0.5, 0.6) is 5.19 Å². The number of thiazole rings is 1. The zero-order chi connectivity index (χ0) is 29.0. The SMILES string of the molecule is C[N+](C)(C)CCCCCS(=O)(=O)N1CC=C(c2ccc3nc(OC4CCN(c5ncc(F)cn5)CC4)sc3c2)CC1. The van der Waals surface area contributed by atoms with E-state index < -0.39 is 15.8 Å². The molecule has 2 aliphatic rings. The minimum absolute atomic E-state index is 0.0540. The van der Waals surface area contributed by atoms with Gasteiger partial charge >= 0.3 is 0 Å². The second-order valence-electron chi connectivity index (χ2n) is 11.9. The van der Waals surface area contributed by atoms with Crippen molar-refractivity contribution in [3.8, 4) is 5.19 Å². The molecule has 0 amide bonds. The van der Waals surface area contributed by atoms with Crippen LogP contribution in [0.1, 0.15) is 44.1 Å². The van der Waals surface area contributed by atoms with Gasteiger partial charge in [-0.1, -0.05) is 23.5 Å². The minimum Gasteiger partial charge on any atom is -0.467 e. The zero-order valence-corrected chi connectivity index (χ0v) is 25.8. The quantitative estimate of drug-likeness (QED) is 0.234. The topological polar surface area (TPSA) is 88.5 Å². The molecule has 0 bridgehead atoms. The number of fused-ring (bicyclic) bond motifs is 1. The smallest absolute Gasteiger partial charge is 0.274 e. The van der Waals surface area contributed by atoms with Crippen molar-refractivity contribution in [2.24, 2.45) is 0 Å². The van der Waals surface area contributed by atoms with Gasteiger partial charge in [-0.05, 0) is 49.0 Å². The maximum Gasteiger partial charge on any atom is 0.274 e. The molecule has 4 heterocycles. The van der Waals surface area contributed by atoms with Crippen molar-refractivity contribution < 1.29 is 22.0 Å². The summed E-state index contributed by atoms with van der Waals surface area (Å²) in [5, 5.41) is 0.657. The Morgan fingerprint density at radius 2 is 1.83 bits per heavy atom. The summed E-state index contributed by atoms with van der Waals surface area (Å²) in [6.45, 7) is 3.48. The van der Waals surface area contributed by atoms with Crippen molar-refractivity contribution in [2.75, 3.05) is 64.5 Å². The Bertz CT molecular complexity index is 1460. The van der Waals surface area contributed by atoms with Crippen LogP contribution in [-0.4, -0.2) is 97.9 Å². The molecule has 0 N–H and O–H groups in total. The normalized spacial score (nSPS) is 17.7. The third kappa shape index (κ3) is 8.00.